The summed E-state index contributed by atoms with van der Waals surface area (Å²) in [4.78, 5) is 21.5. The fraction of sp³-hybridized carbons (Fsp3) is 0.400. The highest BCUT2D eigenvalue weighted by molar-refractivity contribution is 5.57. The third kappa shape index (κ3) is 5.04. The van der Waals surface area contributed by atoms with Crippen molar-refractivity contribution in [3.05, 3.63) is 52.1 Å². The molecule has 19 heavy (non-hydrogen) atoms. The molecule has 0 heterocycles. The van der Waals surface area contributed by atoms with Gasteiger partial charge in [0.15, 0.2) is 0 Å². The van der Waals surface area contributed by atoms with Crippen LogP contribution in [0.5, 0.6) is 0 Å². The van der Waals surface area contributed by atoms with Gasteiger partial charge < -0.3 is 4.79 Å². The molecule has 0 unspecified atom stereocenters. The zero-order valence-corrected chi connectivity index (χ0v) is 11.2. The molecule has 0 aliphatic heterocycles. The second kappa shape index (κ2) is 7.46. The quantitative estimate of drug-likeness (QED) is 0.430. The van der Waals surface area contributed by atoms with E-state index in [-0.39, 0.29) is 29.2 Å². The molecule has 0 bridgehead atoms. The Labute approximate surface area is 113 Å². The first-order valence-corrected chi connectivity index (χ1v) is 6.35. The lowest BCUT2D eigenvalue weighted by Crippen LogP contribution is -2.26. The third-order valence-electron chi connectivity index (χ3n) is 3.12. The lowest BCUT2D eigenvalue weighted by Gasteiger charge is -2.19. The van der Waals surface area contributed by atoms with Crippen LogP contribution in [0.3, 0.4) is 0 Å². The van der Waals surface area contributed by atoms with Crippen molar-refractivity contribution >= 4 is 12.4 Å². The molecule has 0 spiro atoms. The first-order valence-electron chi connectivity index (χ1n) is 6.35. The number of aldehydes is 1. The van der Waals surface area contributed by atoms with Crippen LogP contribution in [-0.4, -0.2) is 17.8 Å². The van der Waals surface area contributed by atoms with Gasteiger partial charge in [0.25, 0.3) is 0 Å². The molecule has 0 radical (unpaired) electrons. The van der Waals surface area contributed by atoms with Crippen molar-refractivity contribution in [2.75, 3.05) is 6.54 Å². The van der Waals surface area contributed by atoms with E-state index in [1.807, 2.05) is 50.3 Å². The maximum atomic E-state index is 11.1. The molecule has 0 amide bonds. The molecule has 0 N–H and O–H groups in total. The minimum atomic E-state index is -0.368. The van der Waals surface area contributed by atoms with Crippen molar-refractivity contribution in [2.45, 2.75) is 13.8 Å². The monoisotopic (exact) mass is 261 g/mol. The predicted molar refractivity (Wildman–Crippen MR) is 75.2 cm³/mol. The summed E-state index contributed by atoms with van der Waals surface area (Å²) in [5.41, 5.74) is 0.976. The van der Waals surface area contributed by atoms with E-state index in [1.165, 1.54) is 0 Å². The molecule has 1 aromatic rings. The van der Waals surface area contributed by atoms with Gasteiger partial charge in [0.1, 0.15) is 6.29 Å². The number of rotatable bonds is 7. The van der Waals surface area contributed by atoms with E-state index in [2.05, 4.69) is 0 Å². The summed E-state index contributed by atoms with van der Waals surface area (Å²) in [5.74, 6) is -0.610. The van der Waals surface area contributed by atoms with Crippen LogP contribution in [0.4, 0.5) is 0 Å². The van der Waals surface area contributed by atoms with Crippen molar-refractivity contribution in [3.63, 3.8) is 0 Å². The third-order valence-corrected chi connectivity index (χ3v) is 3.12. The van der Waals surface area contributed by atoms with Crippen LogP contribution in [-0.2, 0) is 4.79 Å². The van der Waals surface area contributed by atoms with Crippen molar-refractivity contribution in [3.8, 4) is 0 Å². The summed E-state index contributed by atoms with van der Waals surface area (Å²) >= 11 is 0. The fourth-order valence-electron chi connectivity index (χ4n) is 2.03. The topological polar surface area (TPSA) is 60.2 Å². The second-order valence-electron chi connectivity index (χ2n) is 4.91. The van der Waals surface area contributed by atoms with E-state index < -0.39 is 0 Å². The maximum absolute atomic E-state index is 11.1. The zero-order valence-electron chi connectivity index (χ0n) is 11.2. The fourth-order valence-corrected chi connectivity index (χ4v) is 2.03. The molecule has 0 saturated carbocycles. The number of hydrogen-bond donors (Lipinski definition) is 0. The van der Waals surface area contributed by atoms with Gasteiger partial charge in [-0.3, -0.25) is 10.1 Å². The van der Waals surface area contributed by atoms with Gasteiger partial charge in [0.2, 0.25) is 6.54 Å². The molecule has 0 aromatic heterocycles. The van der Waals surface area contributed by atoms with Crippen LogP contribution < -0.4 is 0 Å². The first kappa shape index (κ1) is 15.1. The van der Waals surface area contributed by atoms with E-state index in [1.54, 1.807) is 6.08 Å². The van der Waals surface area contributed by atoms with E-state index in [0.29, 0.717) is 0 Å². The summed E-state index contributed by atoms with van der Waals surface area (Å²) in [5, 5.41) is 10.7. The van der Waals surface area contributed by atoms with Gasteiger partial charge in [-0.25, -0.2) is 0 Å². The lowest BCUT2D eigenvalue weighted by atomic mass is 9.84. The van der Waals surface area contributed by atoms with Gasteiger partial charge in [-0.2, -0.15) is 0 Å². The lowest BCUT2D eigenvalue weighted by molar-refractivity contribution is -0.487. The Morgan fingerprint density at radius 3 is 2.37 bits per heavy atom. The summed E-state index contributed by atoms with van der Waals surface area (Å²) in [6.07, 6.45) is 4.44. The number of hydrogen-bond acceptors (Lipinski definition) is 3. The summed E-state index contributed by atoms with van der Waals surface area (Å²) in [6.45, 7) is 3.59. The SMILES string of the molecule is CC(C)[C@@H](C=O)[C@@H](/C=C/c1ccccc1)C[N+](=O)[O-]. The summed E-state index contributed by atoms with van der Waals surface area (Å²) in [6, 6.07) is 9.56. The largest absolute Gasteiger partial charge is 0.303 e. The molecule has 0 aliphatic rings. The molecule has 4 nitrogen and oxygen atoms in total. The minimum absolute atomic E-state index is 0.0860. The van der Waals surface area contributed by atoms with E-state index in [0.717, 1.165) is 11.8 Å². The Morgan fingerprint density at radius 2 is 1.89 bits per heavy atom. The highest BCUT2D eigenvalue weighted by atomic mass is 16.6. The molecule has 1 aromatic carbocycles. The van der Waals surface area contributed by atoms with Crippen molar-refractivity contribution in [2.24, 2.45) is 17.8 Å². The highest BCUT2D eigenvalue weighted by Gasteiger charge is 2.26. The molecule has 0 fully saturated rings. The van der Waals surface area contributed by atoms with Crippen LogP contribution in [0.2, 0.25) is 0 Å². The molecule has 1 rings (SSSR count). The van der Waals surface area contributed by atoms with Crippen LogP contribution in [0.15, 0.2) is 36.4 Å². The van der Waals surface area contributed by atoms with Crippen molar-refractivity contribution in [1.82, 2.24) is 0 Å². The number of carbonyl (C=O) groups is 1. The highest BCUT2D eigenvalue weighted by Crippen LogP contribution is 2.21. The van der Waals surface area contributed by atoms with Gasteiger partial charge in [-0.1, -0.05) is 56.3 Å². The average molecular weight is 261 g/mol. The number of benzene rings is 1. The Hall–Kier alpha value is -1.97. The van der Waals surface area contributed by atoms with Gasteiger partial charge in [-0.15, -0.1) is 0 Å². The molecular weight excluding hydrogens is 242 g/mol. The van der Waals surface area contributed by atoms with Gasteiger partial charge >= 0.3 is 0 Å². The van der Waals surface area contributed by atoms with E-state index in [4.69, 9.17) is 0 Å². The van der Waals surface area contributed by atoms with E-state index in [9.17, 15) is 14.9 Å². The van der Waals surface area contributed by atoms with Crippen molar-refractivity contribution in [1.29, 1.82) is 0 Å². The van der Waals surface area contributed by atoms with Crippen molar-refractivity contribution < 1.29 is 9.72 Å². The second-order valence-corrected chi connectivity index (χ2v) is 4.91. The molecule has 0 aliphatic carbocycles. The van der Waals surface area contributed by atoms with Gasteiger partial charge in [0, 0.05) is 10.8 Å². The molecular formula is C15H19NO3. The molecule has 4 heteroatoms. The minimum Gasteiger partial charge on any atom is -0.303 e. The molecule has 102 valence electrons. The van der Waals surface area contributed by atoms with Crippen LogP contribution >= 0.6 is 0 Å². The standard InChI is InChI=1S/C15H19NO3/c1-12(2)15(11-17)14(10-16(18)19)9-8-13-6-4-3-5-7-13/h3-9,11-12,14-15H,10H2,1-2H3/b9-8+/t14-,15+/m0/s1. The molecule has 0 saturated heterocycles. The number of carbonyl (C=O) groups excluding carboxylic acids is 1. The number of nitro groups is 1. The Bertz CT molecular complexity index is 440. The Balaban J connectivity index is 2.88. The van der Waals surface area contributed by atoms with Crippen LogP contribution in [0, 0.1) is 27.9 Å². The van der Waals surface area contributed by atoms with Gasteiger partial charge in [-0.05, 0) is 11.5 Å². The van der Waals surface area contributed by atoms with E-state index >= 15 is 0 Å². The molecule has 2 atom stereocenters. The average Bonchev–Trinajstić information content (AvgIpc) is 2.36. The normalized spacial score (nSPS) is 14.5. The predicted octanol–water partition coefficient (Wildman–Crippen LogP) is 3.06. The van der Waals surface area contributed by atoms with Crippen LogP contribution in [0.1, 0.15) is 19.4 Å². The first-order chi connectivity index (χ1) is 9.04. The summed E-state index contributed by atoms with van der Waals surface area (Å²) in [7, 11) is 0. The Morgan fingerprint density at radius 1 is 1.26 bits per heavy atom. The Kier molecular flexibility index (Phi) is 5.93. The maximum Gasteiger partial charge on any atom is 0.210 e. The number of nitrogens with zero attached hydrogens (tertiary/aromatic N) is 1. The van der Waals surface area contributed by atoms with Gasteiger partial charge in [0.05, 0.1) is 5.92 Å². The zero-order chi connectivity index (χ0) is 14.3. The summed E-state index contributed by atoms with van der Waals surface area (Å²) < 4.78 is 0. The smallest absolute Gasteiger partial charge is 0.210 e. The van der Waals surface area contributed by atoms with Crippen LogP contribution in [0.25, 0.3) is 6.08 Å².